The van der Waals surface area contributed by atoms with Gasteiger partial charge in [0.05, 0.1) is 5.52 Å². The first kappa shape index (κ1) is 22.6. The standard InChI is InChI=1S/C32H32N4/c1-34-16-18-35(19-17-34)30-14-12-25(13-15-30)20-29-22-32-28(23-33-29)21-31(27-10-6-3-7-11-27)36(32)24-26-8-4-2-5-9-26/h2-15,21-23H,16-20,24H2,1H3. The van der Waals surface area contributed by atoms with Gasteiger partial charge in [-0.1, -0.05) is 72.8 Å². The molecule has 0 saturated carbocycles. The van der Waals surface area contributed by atoms with Gasteiger partial charge in [0.25, 0.3) is 0 Å². The third kappa shape index (κ3) is 4.77. The number of piperazine rings is 1. The Balaban J connectivity index is 1.30. The van der Waals surface area contributed by atoms with Crippen molar-refractivity contribution < 1.29 is 0 Å². The molecule has 0 amide bonds. The molecule has 36 heavy (non-hydrogen) atoms. The number of hydrogen-bond donors (Lipinski definition) is 0. The lowest BCUT2D eigenvalue weighted by molar-refractivity contribution is 0.313. The second kappa shape index (κ2) is 10.00. The van der Waals surface area contributed by atoms with Gasteiger partial charge in [0.2, 0.25) is 0 Å². The van der Waals surface area contributed by atoms with Crippen LogP contribution in [0.1, 0.15) is 16.8 Å². The number of anilines is 1. The predicted octanol–water partition coefficient (Wildman–Crippen LogP) is 6.09. The quantitative estimate of drug-likeness (QED) is 0.299. The van der Waals surface area contributed by atoms with E-state index < -0.39 is 0 Å². The van der Waals surface area contributed by atoms with Crippen molar-refractivity contribution in [1.82, 2.24) is 14.5 Å². The van der Waals surface area contributed by atoms with Crippen molar-refractivity contribution in [1.29, 1.82) is 0 Å². The van der Waals surface area contributed by atoms with Crippen molar-refractivity contribution in [2.45, 2.75) is 13.0 Å². The first-order chi connectivity index (χ1) is 17.7. The second-order valence-electron chi connectivity index (χ2n) is 9.84. The van der Waals surface area contributed by atoms with Gasteiger partial charge in [-0.05, 0) is 48.0 Å². The zero-order chi connectivity index (χ0) is 24.3. The molecule has 6 rings (SSSR count). The number of rotatable bonds is 6. The number of pyridine rings is 1. The van der Waals surface area contributed by atoms with Crippen molar-refractivity contribution in [3.63, 3.8) is 0 Å². The largest absolute Gasteiger partial charge is 0.369 e. The van der Waals surface area contributed by atoms with Crippen LogP contribution >= 0.6 is 0 Å². The highest BCUT2D eigenvalue weighted by Crippen LogP contribution is 2.30. The monoisotopic (exact) mass is 472 g/mol. The van der Waals surface area contributed by atoms with Gasteiger partial charge in [0.1, 0.15) is 0 Å². The number of benzene rings is 3. The van der Waals surface area contributed by atoms with Gasteiger partial charge in [0.15, 0.2) is 0 Å². The van der Waals surface area contributed by atoms with Crippen molar-refractivity contribution >= 4 is 16.6 Å². The Morgan fingerprint density at radius 3 is 2.14 bits per heavy atom. The lowest BCUT2D eigenvalue weighted by Gasteiger charge is -2.34. The molecular formula is C32H32N4. The third-order valence-corrected chi connectivity index (χ3v) is 7.29. The van der Waals surface area contributed by atoms with Crippen LogP contribution in [0.4, 0.5) is 5.69 Å². The maximum Gasteiger partial charge on any atom is 0.0522 e. The van der Waals surface area contributed by atoms with E-state index in [1.165, 1.54) is 39.0 Å². The number of hydrogen-bond acceptors (Lipinski definition) is 3. The van der Waals surface area contributed by atoms with Gasteiger partial charge in [-0.15, -0.1) is 0 Å². The zero-order valence-corrected chi connectivity index (χ0v) is 20.8. The van der Waals surface area contributed by atoms with Crippen LogP contribution in [-0.2, 0) is 13.0 Å². The van der Waals surface area contributed by atoms with Crippen LogP contribution in [-0.4, -0.2) is 47.7 Å². The second-order valence-corrected chi connectivity index (χ2v) is 9.84. The van der Waals surface area contributed by atoms with E-state index in [4.69, 9.17) is 4.98 Å². The third-order valence-electron chi connectivity index (χ3n) is 7.29. The minimum atomic E-state index is 0.830. The van der Waals surface area contributed by atoms with E-state index in [1.807, 2.05) is 6.20 Å². The molecule has 0 spiro atoms. The summed E-state index contributed by atoms with van der Waals surface area (Å²) in [6, 6.07) is 35.0. The molecule has 1 saturated heterocycles. The molecule has 1 aliphatic heterocycles. The number of aromatic nitrogens is 2. The van der Waals surface area contributed by atoms with Gasteiger partial charge in [-0.2, -0.15) is 0 Å². The molecule has 5 aromatic rings. The molecule has 3 aromatic carbocycles. The Morgan fingerprint density at radius 2 is 1.42 bits per heavy atom. The van der Waals surface area contributed by atoms with Gasteiger partial charge < -0.3 is 14.4 Å². The minimum absolute atomic E-state index is 0.830. The molecule has 0 radical (unpaired) electrons. The van der Waals surface area contributed by atoms with Crippen LogP contribution in [0.25, 0.3) is 22.2 Å². The highest BCUT2D eigenvalue weighted by Gasteiger charge is 2.15. The molecule has 2 aromatic heterocycles. The molecule has 4 heteroatoms. The number of nitrogens with zero attached hydrogens (tertiary/aromatic N) is 4. The van der Waals surface area contributed by atoms with Crippen LogP contribution in [0.5, 0.6) is 0 Å². The molecule has 0 unspecified atom stereocenters. The van der Waals surface area contributed by atoms with Crippen molar-refractivity contribution in [3.05, 3.63) is 120 Å². The van der Waals surface area contributed by atoms with Crippen LogP contribution < -0.4 is 4.90 Å². The summed E-state index contributed by atoms with van der Waals surface area (Å²) in [5.41, 5.74) is 8.70. The summed E-state index contributed by atoms with van der Waals surface area (Å²) in [6.07, 6.45) is 2.87. The van der Waals surface area contributed by atoms with E-state index in [2.05, 4.69) is 118 Å². The summed E-state index contributed by atoms with van der Waals surface area (Å²) in [4.78, 5) is 9.72. The summed E-state index contributed by atoms with van der Waals surface area (Å²) in [5.74, 6) is 0. The Labute approximate surface area is 213 Å². The van der Waals surface area contributed by atoms with Crippen LogP contribution in [0, 0.1) is 0 Å². The molecule has 1 aliphatic rings. The SMILES string of the molecule is CN1CCN(c2ccc(Cc3cc4c(cn3)cc(-c3ccccc3)n4Cc3ccccc3)cc2)CC1. The van der Waals surface area contributed by atoms with Crippen LogP contribution in [0.2, 0.25) is 0 Å². The fourth-order valence-corrected chi connectivity index (χ4v) is 5.18. The molecule has 0 aliphatic carbocycles. The highest BCUT2D eigenvalue weighted by molar-refractivity contribution is 5.87. The maximum absolute atomic E-state index is 4.85. The van der Waals surface area contributed by atoms with Crippen molar-refractivity contribution in [2.24, 2.45) is 0 Å². The Hall–Kier alpha value is -3.89. The molecule has 0 bridgehead atoms. The smallest absolute Gasteiger partial charge is 0.0522 e. The van der Waals surface area contributed by atoms with E-state index in [-0.39, 0.29) is 0 Å². The Kier molecular flexibility index (Phi) is 6.27. The average molecular weight is 473 g/mol. The lowest BCUT2D eigenvalue weighted by Crippen LogP contribution is -2.44. The minimum Gasteiger partial charge on any atom is -0.369 e. The molecule has 4 nitrogen and oxygen atoms in total. The number of likely N-dealkylation sites (N-methyl/N-ethyl adjacent to an activating group) is 1. The number of fused-ring (bicyclic) bond motifs is 1. The molecule has 0 N–H and O–H groups in total. The van der Waals surface area contributed by atoms with E-state index in [1.54, 1.807) is 0 Å². The molecule has 180 valence electrons. The highest BCUT2D eigenvalue weighted by atomic mass is 15.2. The van der Waals surface area contributed by atoms with E-state index in [0.717, 1.165) is 44.8 Å². The summed E-state index contributed by atoms with van der Waals surface area (Å²) >= 11 is 0. The topological polar surface area (TPSA) is 24.3 Å². The van der Waals surface area contributed by atoms with E-state index in [0.29, 0.717) is 0 Å². The Morgan fingerprint density at radius 1 is 0.722 bits per heavy atom. The molecule has 3 heterocycles. The zero-order valence-electron chi connectivity index (χ0n) is 20.8. The first-order valence-electron chi connectivity index (χ1n) is 12.8. The summed E-state index contributed by atoms with van der Waals surface area (Å²) in [6.45, 7) is 5.27. The first-order valence-corrected chi connectivity index (χ1v) is 12.8. The summed E-state index contributed by atoms with van der Waals surface area (Å²) < 4.78 is 2.43. The van der Waals surface area contributed by atoms with E-state index in [9.17, 15) is 0 Å². The normalized spacial score (nSPS) is 14.4. The summed E-state index contributed by atoms with van der Waals surface area (Å²) in [5, 5.41) is 1.18. The lowest BCUT2D eigenvalue weighted by atomic mass is 10.1. The van der Waals surface area contributed by atoms with Gasteiger partial charge >= 0.3 is 0 Å². The maximum atomic E-state index is 4.85. The molecule has 1 fully saturated rings. The average Bonchev–Trinajstić information content (AvgIpc) is 3.28. The Bertz CT molecular complexity index is 1430. The van der Waals surface area contributed by atoms with Crippen LogP contribution in [0.3, 0.4) is 0 Å². The molecular weight excluding hydrogens is 440 g/mol. The van der Waals surface area contributed by atoms with Gasteiger partial charge in [0, 0.05) is 67.8 Å². The predicted molar refractivity (Wildman–Crippen MR) is 150 cm³/mol. The molecule has 0 atom stereocenters. The van der Waals surface area contributed by atoms with Gasteiger partial charge in [-0.25, -0.2) is 0 Å². The van der Waals surface area contributed by atoms with Crippen molar-refractivity contribution in [2.75, 3.05) is 38.1 Å². The summed E-state index contributed by atoms with van der Waals surface area (Å²) in [7, 11) is 2.20. The van der Waals surface area contributed by atoms with Crippen LogP contribution in [0.15, 0.2) is 103 Å². The van der Waals surface area contributed by atoms with Crippen molar-refractivity contribution in [3.8, 4) is 11.3 Å². The van der Waals surface area contributed by atoms with E-state index >= 15 is 0 Å². The fourth-order valence-electron chi connectivity index (χ4n) is 5.18. The van der Waals surface area contributed by atoms with Gasteiger partial charge in [-0.3, -0.25) is 4.98 Å². The fraction of sp³-hybridized carbons (Fsp3) is 0.219.